The monoisotopic (exact) mass is 207 g/mol. The van der Waals surface area contributed by atoms with Crippen LogP contribution in [0.25, 0.3) is 0 Å². The number of aliphatic hydroxyl groups excluding tert-OH is 1. The summed E-state index contributed by atoms with van der Waals surface area (Å²) in [6.45, 7) is -0.196. The van der Waals surface area contributed by atoms with Gasteiger partial charge in [0.1, 0.15) is 6.61 Å². The van der Waals surface area contributed by atoms with Gasteiger partial charge in [-0.3, -0.25) is 4.79 Å². The van der Waals surface area contributed by atoms with Gasteiger partial charge in [-0.25, -0.2) is 8.42 Å². The third kappa shape index (κ3) is 3.31. The topological polar surface area (TPSA) is 83.5 Å². The van der Waals surface area contributed by atoms with Gasteiger partial charge in [-0.1, -0.05) is 0 Å². The van der Waals surface area contributed by atoms with Crippen molar-refractivity contribution in [1.29, 1.82) is 0 Å². The second kappa shape index (κ2) is 4.06. The zero-order valence-electron chi connectivity index (χ0n) is 7.19. The molecule has 5 nitrogen and oxygen atoms in total. The third-order valence-corrected chi connectivity index (χ3v) is 3.90. The molecule has 2 N–H and O–H groups in total. The zero-order chi connectivity index (χ0) is 9.90. The molecule has 1 saturated heterocycles. The van der Waals surface area contributed by atoms with Crippen molar-refractivity contribution in [2.24, 2.45) is 5.92 Å². The first-order chi connectivity index (χ1) is 6.03. The first-order valence-electron chi connectivity index (χ1n) is 4.11. The fraction of sp³-hybridized carbons (Fsp3) is 0.857. The van der Waals surface area contributed by atoms with Crippen molar-refractivity contribution in [2.45, 2.75) is 6.42 Å². The van der Waals surface area contributed by atoms with E-state index in [1.165, 1.54) is 0 Å². The van der Waals surface area contributed by atoms with Gasteiger partial charge in [0.15, 0.2) is 9.84 Å². The van der Waals surface area contributed by atoms with E-state index in [1.54, 1.807) is 0 Å². The smallest absolute Gasteiger partial charge is 0.245 e. The Kier molecular flexibility index (Phi) is 3.27. The normalized spacial score (nSPS) is 25.8. The maximum Gasteiger partial charge on any atom is 0.245 e. The molecule has 1 rings (SSSR count). The van der Waals surface area contributed by atoms with E-state index in [4.69, 9.17) is 5.11 Å². The van der Waals surface area contributed by atoms with Crippen molar-refractivity contribution in [3.63, 3.8) is 0 Å². The molecule has 0 saturated carbocycles. The van der Waals surface area contributed by atoms with Gasteiger partial charge in [0.25, 0.3) is 0 Å². The molecule has 0 radical (unpaired) electrons. The van der Waals surface area contributed by atoms with Crippen LogP contribution in [0.1, 0.15) is 6.42 Å². The highest BCUT2D eigenvalue weighted by Crippen LogP contribution is 2.17. The first kappa shape index (κ1) is 10.5. The van der Waals surface area contributed by atoms with E-state index in [1.807, 2.05) is 0 Å². The van der Waals surface area contributed by atoms with Gasteiger partial charge in [0.05, 0.1) is 11.5 Å². The molecule has 1 aliphatic heterocycles. The molecule has 0 aromatic heterocycles. The summed E-state index contributed by atoms with van der Waals surface area (Å²) in [4.78, 5) is 10.6. The number of amides is 1. The number of carbonyl (C=O) groups is 1. The van der Waals surface area contributed by atoms with E-state index in [0.29, 0.717) is 13.0 Å². The lowest BCUT2D eigenvalue weighted by Crippen LogP contribution is -2.31. The minimum absolute atomic E-state index is 0.0144. The highest BCUT2D eigenvalue weighted by Gasteiger charge is 2.27. The molecule has 1 amide bonds. The minimum atomic E-state index is -2.86. The molecule has 1 heterocycles. The number of nitrogens with one attached hydrogen (secondary N) is 1. The highest BCUT2D eigenvalue weighted by atomic mass is 32.2. The van der Waals surface area contributed by atoms with Crippen molar-refractivity contribution in [3.8, 4) is 0 Å². The SMILES string of the molecule is O=C(CO)NCC1CCS(=O)(=O)C1. The Labute approximate surface area is 77.1 Å². The number of hydrogen-bond donors (Lipinski definition) is 2. The second-order valence-corrected chi connectivity index (χ2v) is 5.46. The number of carbonyl (C=O) groups excluding carboxylic acids is 1. The van der Waals surface area contributed by atoms with Gasteiger partial charge in [0, 0.05) is 6.54 Å². The molecule has 6 heteroatoms. The van der Waals surface area contributed by atoms with Crippen LogP contribution in [0.5, 0.6) is 0 Å². The van der Waals surface area contributed by atoms with Gasteiger partial charge in [-0.2, -0.15) is 0 Å². The van der Waals surface area contributed by atoms with Gasteiger partial charge in [0.2, 0.25) is 5.91 Å². The van der Waals surface area contributed by atoms with Crippen LogP contribution >= 0.6 is 0 Å². The zero-order valence-corrected chi connectivity index (χ0v) is 8.01. The maximum atomic E-state index is 11.0. The van der Waals surface area contributed by atoms with E-state index in [0.717, 1.165) is 0 Å². The number of hydrogen-bond acceptors (Lipinski definition) is 4. The van der Waals surface area contributed by atoms with Crippen molar-refractivity contribution < 1.29 is 18.3 Å². The Morgan fingerprint density at radius 2 is 2.23 bits per heavy atom. The van der Waals surface area contributed by atoms with E-state index in [2.05, 4.69) is 5.32 Å². The minimum Gasteiger partial charge on any atom is -0.387 e. The second-order valence-electron chi connectivity index (χ2n) is 3.23. The predicted molar refractivity (Wildman–Crippen MR) is 46.9 cm³/mol. The molecule has 1 fully saturated rings. The largest absolute Gasteiger partial charge is 0.387 e. The van der Waals surface area contributed by atoms with E-state index in [9.17, 15) is 13.2 Å². The molecule has 1 aliphatic rings. The van der Waals surface area contributed by atoms with Gasteiger partial charge >= 0.3 is 0 Å². The van der Waals surface area contributed by atoms with Gasteiger partial charge in [-0.05, 0) is 12.3 Å². The molecule has 76 valence electrons. The van der Waals surface area contributed by atoms with E-state index in [-0.39, 0.29) is 17.4 Å². The summed E-state index contributed by atoms with van der Waals surface area (Å²) < 4.78 is 22.0. The summed E-state index contributed by atoms with van der Waals surface area (Å²) in [6, 6.07) is 0. The van der Waals surface area contributed by atoms with Crippen molar-refractivity contribution in [3.05, 3.63) is 0 Å². The average Bonchev–Trinajstić information content (AvgIpc) is 2.41. The standard InChI is InChI=1S/C7H13NO4S/c9-4-7(10)8-3-6-1-2-13(11,12)5-6/h6,9H,1-5H2,(H,8,10). The summed E-state index contributed by atoms with van der Waals surface area (Å²) in [7, 11) is -2.86. The first-order valence-corrected chi connectivity index (χ1v) is 5.93. The van der Waals surface area contributed by atoms with Crippen molar-refractivity contribution in [2.75, 3.05) is 24.7 Å². The fourth-order valence-electron chi connectivity index (χ4n) is 1.35. The van der Waals surface area contributed by atoms with Gasteiger partial charge < -0.3 is 10.4 Å². The van der Waals surface area contributed by atoms with Gasteiger partial charge in [-0.15, -0.1) is 0 Å². The summed E-state index contributed by atoms with van der Waals surface area (Å²) >= 11 is 0. The summed E-state index contributed by atoms with van der Waals surface area (Å²) in [6.07, 6.45) is 0.605. The maximum absolute atomic E-state index is 11.0. The molecular formula is C7H13NO4S. The van der Waals surface area contributed by atoms with Crippen LogP contribution in [0.15, 0.2) is 0 Å². The fourth-order valence-corrected chi connectivity index (χ4v) is 3.21. The number of rotatable bonds is 3. The van der Waals surface area contributed by atoms with Crippen LogP contribution in [0.3, 0.4) is 0 Å². The molecule has 1 unspecified atom stereocenters. The molecule has 1 atom stereocenters. The van der Waals surface area contributed by atoms with Crippen LogP contribution in [-0.4, -0.2) is 44.1 Å². The Hall–Kier alpha value is -0.620. The van der Waals surface area contributed by atoms with Crippen LogP contribution in [0.2, 0.25) is 0 Å². The summed E-state index contributed by atoms with van der Waals surface area (Å²) in [5.41, 5.74) is 0. The molecule has 0 spiro atoms. The molecule has 0 aliphatic carbocycles. The molecule has 0 aromatic rings. The van der Waals surface area contributed by atoms with Crippen LogP contribution in [-0.2, 0) is 14.6 Å². The average molecular weight is 207 g/mol. The van der Waals surface area contributed by atoms with Crippen LogP contribution in [0.4, 0.5) is 0 Å². The highest BCUT2D eigenvalue weighted by molar-refractivity contribution is 7.91. The predicted octanol–water partition coefficient (Wildman–Crippen LogP) is -1.47. The van der Waals surface area contributed by atoms with Crippen LogP contribution < -0.4 is 5.32 Å². The number of sulfone groups is 1. The van der Waals surface area contributed by atoms with E-state index >= 15 is 0 Å². The lowest BCUT2D eigenvalue weighted by molar-refractivity contribution is -0.123. The summed E-state index contributed by atoms with van der Waals surface area (Å²) in [5, 5.41) is 10.8. The lowest BCUT2D eigenvalue weighted by Gasteiger charge is -2.07. The molecular weight excluding hydrogens is 194 g/mol. The Morgan fingerprint density at radius 1 is 1.54 bits per heavy atom. The van der Waals surface area contributed by atoms with Crippen molar-refractivity contribution in [1.82, 2.24) is 5.32 Å². The van der Waals surface area contributed by atoms with Crippen LogP contribution in [0, 0.1) is 5.92 Å². The van der Waals surface area contributed by atoms with Crippen molar-refractivity contribution >= 4 is 15.7 Å². The summed E-state index contributed by atoms with van der Waals surface area (Å²) in [5.74, 6) is -0.0736. The number of aliphatic hydroxyl groups is 1. The Bertz CT molecular complexity index is 285. The Balaban J connectivity index is 2.29. The third-order valence-electron chi connectivity index (χ3n) is 2.06. The molecule has 0 aromatic carbocycles. The molecule has 13 heavy (non-hydrogen) atoms. The lowest BCUT2D eigenvalue weighted by atomic mass is 10.1. The quantitative estimate of drug-likeness (QED) is 0.592. The molecule has 0 bridgehead atoms. The van der Waals surface area contributed by atoms with E-state index < -0.39 is 22.4 Å². The Morgan fingerprint density at radius 3 is 2.69 bits per heavy atom.